The number of hydrogen-bond donors (Lipinski definition) is 1. The number of amides is 2. The van der Waals surface area contributed by atoms with Crippen LogP contribution in [0.5, 0.6) is 0 Å². The van der Waals surface area contributed by atoms with E-state index in [9.17, 15) is 18.4 Å². The predicted molar refractivity (Wildman–Crippen MR) is 92.1 cm³/mol. The van der Waals surface area contributed by atoms with E-state index >= 15 is 0 Å². The molecule has 2 unspecified atom stereocenters. The summed E-state index contributed by atoms with van der Waals surface area (Å²) in [6, 6.07) is 3.13. The highest BCUT2D eigenvalue weighted by atomic mass is 19.1. The molecular weight excluding hydrogens is 326 g/mol. The molecule has 0 radical (unpaired) electrons. The molecule has 2 rings (SSSR count). The first-order valence-corrected chi connectivity index (χ1v) is 8.89. The summed E-state index contributed by atoms with van der Waals surface area (Å²) in [7, 11) is 1.85. The molecule has 0 aliphatic heterocycles. The molecule has 0 spiro atoms. The van der Waals surface area contributed by atoms with Crippen LogP contribution < -0.4 is 5.32 Å². The highest BCUT2D eigenvalue weighted by Crippen LogP contribution is 2.27. The third-order valence-electron chi connectivity index (χ3n) is 4.99. The normalized spacial score (nSPS) is 20.2. The first-order chi connectivity index (χ1) is 11.9. The van der Waals surface area contributed by atoms with E-state index in [2.05, 4.69) is 12.2 Å². The topological polar surface area (TPSA) is 49.4 Å². The molecule has 138 valence electrons. The second-order valence-electron chi connectivity index (χ2n) is 6.82. The van der Waals surface area contributed by atoms with Gasteiger partial charge in [-0.05, 0) is 37.3 Å². The molecule has 1 aliphatic carbocycles. The van der Waals surface area contributed by atoms with Gasteiger partial charge in [0.25, 0.3) is 5.91 Å². The fraction of sp³-hybridized carbons (Fsp3) is 0.579. The summed E-state index contributed by atoms with van der Waals surface area (Å²) in [5, 5.41) is 2.57. The smallest absolute Gasteiger partial charge is 0.254 e. The minimum absolute atomic E-state index is 0.0703. The zero-order valence-electron chi connectivity index (χ0n) is 14.9. The molecule has 1 aromatic carbocycles. The number of benzene rings is 1. The summed E-state index contributed by atoms with van der Waals surface area (Å²) < 4.78 is 26.4. The number of carbonyl (C=O) groups excluding carboxylic acids is 2. The van der Waals surface area contributed by atoms with Crippen molar-refractivity contribution in [1.82, 2.24) is 10.2 Å². The van der Waals surface area contributed by atoms with Crippen LogP contribution in [0.1, 0.15) is 55.8 Å². The Morgan fingerprint density at radius 3 is 2.64 bits per heavy atom. The lowest BCUT2D eigenvalue weighted by atomic mass is 9.85. The summed E-state index contributed by atoms with van der Waals surface area (Å²) in [5.41, 5.74) is -0.194. The van der Waals surface area contributed by atoms with Crippen LogP contribution >= 0.6 is 0 Å². The Morgan fingerprint density at radius 2 is 1.96 bits per heavy atom. The van der Waals surface area contributed by atoms with Gasteiger partial charge in [-0.25, -0.2) is 8.78 Å². The van der Waals surface area contributed by atoms with Gasteiger partial charge in [0, 0.05) is 32.1 Å². The Hall–Kier alpha value is -1.98. The standard InChI is InChI=1S/C19H26F2N2O2/c1-13-6-3-4-7-17(13)23(2)18(24)8-5-11-22-19(25)15-10-9-14(20)12-16(15)21/h9-10,12-13,17H,3-8,11H2,1-2H3,(H,22,25). The van der Waals surface area contributed by atoms with Gasteiger partial charge in [0.05, 0.1) is 5.56 Å². The molecule has 1 N–H and O–H groups in total. The molecule has 1 fully saturated rings. The first-order valence-electron chi connectivity index (χ1n) is 8.89. The average molecular weight is 352 g/mol. The van der Waals surface area contributed by atoms with Crippen LogP contribution in [0.25, 0.3) is 0 Å². The molecule has 0 aromatic heterocycles. The molecule has 2 amide bonds. The molecule has 4 nitrogen and oxygen atoms in total. The first kappa shape index (κ1) is 19.3. The minimum atomic E-state index is -0.889. The van der Waals surface area contributed by atoms with Gasteiger partial charge >= 0.3 is 0 Å². The third kappa shape index (κ3) is 5.25. The third-order valence-corrected chi connectivity index (χ3v) is 4.99. The fourth-order valence-electron chi connectivity index (χ4n) is 3.44. The Kier molecular flexibility index (Phi) is 6.91. The van der Waals surface area contributed by atoms with E-state index in [1.807, 2.05) is 11.9 Å². The zero-order chi connectivity index (χ0) is 18.4. The fourth-order valence-corrected chi connectivity index (χ4v) is 3.44. The van der Waals surface area contributed by atoms with E-state index in [1.54, 1.807) is 0 Å². The number of nitrogens with one attached hydrogen (secondary N) is 1. The summed E-state index contributed by atoms with van der Waals surface area (Å²) in [4.78, 5) is 26.0. The van der Waals surface area contributed by atoms with Gasteiger partial charge < -0.3 is 10.2 Å². The molecule has 25 heavy (non-hydrogen) atoms. The Labute approximate surface area is 147 Å². The van der Waals surface area contributed by atoms with Gasteiger partial charge in [-0.15, -0.1) is 0 Å². The zero-order valence-corrected chi connectivity index (χ0v) is 14.9. The Bertz CT molecular complexity index is 621. The maximum atomic E-state index is 13.5. The summed E-state index contributed by atoms with van der Waals surface area (Å²) >= 11 is 0. The van der Waals surface area contributed by atoms with Crippen molar-refractivity contribution in [3.8, 4) is 0 Å². The number of hydrogen-bond acceptors (Lipinski definition) is 2. The van der Waals surface area contributed by atoms with Gasteiger partial charge in [-0.1, -0.05) is 19.8 Å². The van der Waals surface area contributed by atoms with Gasteiger partial charge in [0.15, 0.2) is 0 Å². The van der Waals surface area contributed by atoms with Crippen molar-refractivity contribution in [2.24, 2.45) is 5.92 Å². The molecule has 0 heterocycles. The molecule has 1 aliphatic rings. The van der Waals surface area contributed by atoms with Crippen LogP contribution in [0.4, 0.5) is 8.78 Å². The van der Waals surface area contributed by atoms with Crippen LogP contribution in [0.15, 0.2) is 18.2 Å². The SMILES string of the molecule is CC1CCCCC1N(C)C(=O)CCCNC(=O)c1ccc(F)cc1F. The van der Waals surface area contributed by atoms with Crippen LogP contribution in [-0.4, -0.2) is 36.3 Å². The molecule has 2 atom stereocenters. The number of rotatable bonds is 6. The van der Waals surface area contributed by atoms with Crippen molar-refractivity contribution in [3.05, 3.63) is 35.4 Å². The molecule has 1 saturated carbocycles. The van der Waals surface area contributed by atoms with Crippen LogP contribution in [-0.2, 0) is 4.79 Å². The number of carbonyl (C=O) groups is 2. The quantitative estimate of drug-likeness (QED) is 0.797. The summed E-state index contributed by atoms with van der Waals surface area (Å²) in [6.07, 6.45) is 5.41. The second kappa shape index (κ2) is 8.92. The number of nitrogens with zero attached hydrogens (tertiary/aromatic N) is 1. The van der Waals surface area contributed by atoms with E-state index in [0.29, 0.717) is 30.9 Å². The van der Waals surface area contributed by atoms with Crippen LogP contribution in [0.3, 0.4) is 0 Å². The lowest BCUT2D eigenvalue weighted by Gasteiger charge is -2.36. The van der Waals surface area contributed by atoms with Crippen LogP contribution in [0, 0.1) is 17.6 Å². The maximum absolute atomic E-state index is 13.5. The van der Waals surface area contributed by atoms with E-state index in [4.69, 9.17) is 0 Å². The van der Waals surface area contributed by atoms with E-state index in [0.717, 1.165) is 31.4 Å². The van der Waals surface area contributed by atoms with Crippen LogP contribution in [0.2, 0.25) is 0 Å². The van der Waals surface area contributed by atoms with Gasteiger partial charge in [0.1, 0.15) is 11.6 Å². The van der Waals surface area contributed by atoms with Crippen molar-refractivity contribution >= 4 is 11.8 Å². The van der Waals surface area contributed by atoms with E-state index in [-0.39, 0.29) is 18.0 Å². The average Bonchev–Trinajstić information content (AvgIpc) is 2.58. The molecule has 6 heteroatoms. The van der Waals surface area contributed by atoms with E-state index < -0.39 is 17.5 Å². The van der Waals surface area contributed by atoms with Gasteiger partial charge in [-0.2, -0.15) is 0 Å². The van der Waals surface area contributed by atoms with Gasteiger partial charge in [0.2, 0.25) is 5.91 Å². The molecule has 0 bridgehead atoms. The predicted octanol–water partition coefficient (Wildman–Crippen LogP) is 3.51. The highest BCUT2D eigenvalue weighted by molar-refractivity contribution is 5.94. The monoisotopic (exact) mass is 352 g/mol. The molecular formula is C19H26F2N2O2. The Morgan fingerprint density at radius 1 is 1.24 bits per heavy atom. The van der Waals surface area contributed by atoms with Crippen molar-refractivity contribution < 1.29 is 18.4 Å². The largest absolute Gasteiger partial charge is 0.352 e. The summed E-state index contributed by atoms with van der Waals surface area (Å²) in [5.74, 6) is -1.62. The van der Waals surface area contributed by atoms with E-state index in [1.165, 1.54) is 6.42 Å². The maximum Gasteiger partial charge on any atom is 0.254 e. The van der Waals surface area contributed by atoms with Crippen molar-refractivity contribution in [1.29, 1.82) is 0 Å². The lowest BCUT2D eigenvalue weighted by molar-refractivity contribution is -0.133. The van der Waals surface area contributed by atoms with Crippen molar-refractivity contribution in [2.75, 3.05) is 13.6 Å². The van der Waals surface area contributed by atoms with Gasteiger partial charge in [-0.3, -0.25) is 9.59 Å². The Balaban J connectivity index is 1.74. The highest BCUT2D eigenvalue weighted by Gasteiger charge is 2.27. The number of halogens is 2. The van der Waals surface area contributed by atoms with Crippen molar-refractivity contribution in [3.63, 3.8) is 0 Å². The molecule has 0 saturated heterocycles. The summed E-state index contributed by atoms with van der Waals surface area (Å²) in [6.45, 7) is 2.46. The lowest BCUT2D eigenvalue weighted by Crippen LogP contribution is -2.42. The van der Waals surface area contributed by atoms with Crippen molar-refractivity contribution in [2.45, 2.75) is 51.5 Å². The molecule has 1 aromatic rings. The second-order valence-corrected chi connectivity index (χ2v) is 6.82. The minimum Gasteiger partial charge on any atom is -0.352 e.